The molecule has 0 aromatic heterocycles. The van der Waals surface area contributed by atoms with Gasteiger partial charge in [0.25, 0.3) is 5.69 Å². The summed E-state index contributed by atoms with van der Waals surface area (Å²) in [4.78, 5) is 22.5. The van der Waals surface area contributed by atoms with Gasteiger partial charge >= 0.3 is 0 Å². The monoisotopic (exact) mass is 393 g/mol. The lowest BCUT2D eigenvalue weighted by Gasteiger charge is -2.12. The number of nitro groups is 1. The molecule has 0 fully saturated rings. The molecule has 2 aromatic rings. The van der Waals surface area contributed by atoms with Gasteiger partial charge in [-0.1, -0.05) is 6.07 Å². The minimum absolute atomic E-state index is 0.0405. The normalized spacial score (nSPS) is 10.9. The van der Waals surface area contributed by atoms with E-state index >= 15 is 0 Å². The fourth-order valence-corrected chi connectivity index (χ4v) is 2.97. The van der Waals surface area contributed by atoms with Crippen molar-refractivity contribution in [2.75, 3.05) is 30.5 Å². The molecule has 144 valence electrons. The van der Waals surface area contributed by atoms with Gasteiger partial charge in [0.2, 0.25) is 5.91 Å². The Kier molecular flexibility index (Phi) is 6.01. The van der Waals surface area contributed by atoms with E-state index < -0.39 is 26.4 Å². The van der Waals surface area contributed by atoms with Gasteiger partial charge in [0.05, 0.1) is 29.2 Å². The predicted molar refractivity (Wildman–Crippen MR) is 101 cm³/mol. The van der Waals surface area contributed by atoms with E-state index in [0.29, 0.717) is 11.4 Å². The molecule has 0 heterocycles. The number of carbonyl (C=O) groups excluding carboxylic acids is 1. The third-order valence-corrected chi connectivity index (χ3v) is 4.77. The Morgan fingerprint density at radius 2 is 1.89 bits per heavy atom. The zero-order chi connectivity index (χ0) is 20.2. The number of nitro benzene ring substituents is 1. The van der Waals surface area contributed by atoms with Gasteiger partial charge in [-0.15, -0.1) is 0 Å². The lowest BCUT2D eigenvalue weighted by Crippen LogP contribution is -2.22. The van der Waals surface area contributed by atoms with Gasteiger partial charge < -0.3 is 15.4 Å². The highest BCUT2D eigenvalue weighted by atomic mass is 32.2. The van der Waals surface area contributed by atoms with E-state index in [1.807, 2.05) is 13.0 Å². The highest BCUT2D eigenvalue weighted by Crippen LogP contribution is 2.28. The molecular formula is C17H19N3O6S. The zero-order valence-corrected chi connectivity index (χ0v) is 15.8. The van der Waals surface area contributed by atoms with Crippen molar-refractivity contribution in [3.63, 3.8) is 0 Å². The molecule has 10 heteroatoms. The van der Waals surface area contributed by atoms with Crippen LogP contribution in [0.25, 0.3) is 0 Å². The first kappa shape index (κ1) is 20.2. The van der Waals surface area contributed by atoms with Crippen LogP contribution < -0.4 is 15.4 Å². The van der Waals surface area contributed by atoms with Crippen LogP contribution in [0.4, 0.5) is 17.1 Å². The van der Waals surface area contributed by atoms with E-state index in [1.165, 1.54) is 19.2 Å². The Balaban J connectivity index is 2.15. The van der Waals surface area contributed by atoms with Crippen molar-refractivity contribution in [3.05, 3.63) is 52.1 Å². The van der Waals surface area contributed by atoms with Gasteiger partial charge in [-0.2, -0.15) is 0 Å². The summed E-state index contributed by atoms with van der Waals surface area (Å²) in [5.74, 6) is 0.0397. The number of benzene rings is 2. The molecular weight excluding hydrogens is 374 g/mol. The highest BCUT2D eigenvalue weighted by Gasteiger charge is 2.19. The van der Waals surface area contributed by atoms with Crippen molar-refractivity contribution in [1.82, 2.24) is 0 Å². The summed E-state index contributed by atoms with van der Waals surface area (Å²) in [5.41, 5.74) is 1.01. The largest absolute Gasteiger partial charge is 0.495 e. The molecule has 2 rings (SSSR count). The first-order chi connectivity index (χ1) is 12.6. The van der Waals surface area contributed by atoms with E-state index in [-0.39, 0.29) is 17.1 Å². The second-order valence-corrected chi connectivity index (χ2v) is 7.83. The number of amides is 1. The third kappa shape index (κ3) is 5.17. The Hall–Kier alpha value is -3.14. The van der Waals surface area contributed by atoms with E-state index in [4.69, 9.17) is 4.74 Å². The number of sulfone groups is 1. The van der Waals surface area contributed by atoms with Crippen molar-refractivity contribution in [3.8, 4) is 5.75 Å². The van der Waals surface area contributed by atoms with Gasteiger partial charge in [-0.05, 0) is 36.8 Å². The number of aryl methyl sites for hydroxylation is 1. The van der Waals surface area contributed by atoms with Crippen molar-refractivity contribution in [2.45, 2.75) is 11.8 Å². The number of nitrogens with zero attached hydrogens (tertiary/aromatic N) is 1. The van der Waals surface area contributed by atoms with Crippen LogP contribution in [-0.4, -0.2) is 39.2 Å². The number of rotatable bonds is 7. The topological polar surface area (TPSA) is 128 Å². The van der Waals surface area contributed by atoms with Gasteiger partial charge in [-0.25, -0.2) is 8.42 Å². The SMILES string of the molecule is COc1ccc(C)cc1NC(=O)CNc1ccc(S(C)(=O)=O)cc1[N+](=O)[O-]. The van der Waals surface area contributed by atoms with Crippen LogP contribution in [0.1, 0.15) is 5.56 Å². The minimum atomic E-state index is -3.58. The summed E-state index contributed by atoms with van der Waals surface area (Å²) >= 11 is 0. The maximum absolute atomic E-state index is 12.2. The summed E-state index contributed by atoms with van der Waals surface area (Å²) in [7, 11) is -2.11. The molecule has 0 aliphatic heterocycles. The van der Waals surface area contributed by atoms with Crippen LogP contribution in [-0.2, 0) is 14.6 Å². The standard InChI is InChI=1S/C17H19N3O6S/c1-11-4-7-16(26-2)14(8-11)19-17(21)10-18-13-6-5-12(27(3,24)25)9-15(13)20(22)23/h4-9,18H,10H2,1-3H3,(H,19,21). The fraction of sp³-hybridized carbons (Fsp3) is 0.235. The molecule has 0 aliphatic rings. The molecule has 0 atom stereocenters. The number of hydrogen-bond acceptors (Lipinski definition) is 7. The van der Waals surface area contributed by atoms with Crippen LogP contribution in [0.2, 0.25) is 0 Å². The van der Waals surface area contributed by atoms with Crippen molar-refractivity contribution in [2.24, 2.45) is 0 Å². The first-order valence-corrected chi connectivity index (χ1v) is 9.68. The Bertz CT molecular complexity index is 988. The highest BCUT2D eigenvalue weighted by molar-refractivity contribution is 7.90. The van der Waals surface area contributed by atoms with E-state index in [0.717, 1.165) is 17.9 Å². The fourth-order valence-electron chi connectivity index (χ4n) is 2.33. The summed E-state index contributed by atoms with van der Waals surface area (Å²) in [5, 5.41) is 16.5. The average molecular weight is 393 g/mol. The lowest BCUT2D eigenvalue weighted by molar-refractivity contribution is -0.384. The third-order valence-electron chi connectivity index (χ3n) is 3.66. The number of methoxy groups -OCH3 is 1. The maximum atomic E-state index is 12.2. The molecule has 0 radical (unpaired) electrons. The quantitative estimate of drug-likeness (QED) is 0.546. The van der Waals surface area contributed by atoms with Crippen molar-refractivity contribution in [1.29, 1.82) is 0 Å². The Labute approximate surface area is 156 Å². The summed E-state index contributed by atoms with van der Waals surface area (Å²) in [6, 6.07) is 8.74. The molecule has 0 bridgehead atoms. The second kappa shape index (κ2) is 8.04. The average Bonchev–Trinajstić information content (AvgIpc) is 2.59. The van der Waals surface area contributed by atoms with Crippen LogP contribution in [0.15, 0.2) is 41.3 Å². The molecule has 2 N–H and O–H groups in total. The smallest absolute Gasteiger partial charge is 0.293 e. The summed E-state index contributed by atoms with van der Waals surface area (Å²) in [6.45, 7) is 1.61. The van der Waals surface area contributed by atoms with E-state index in [2.05, 4.69) is 10.6 Å². The van der Waals surface area contributed by atoms with Crippen LogP contribution in [0.3, 0.4) is 0 Å². The van der Waals surface area contributed by atoms with Crippen LogP contribution >= 0.6 is 0 Å². The summed E-state index contributed by atoms with van der Waals surface area (Å²) in [6.07, 6.45) is 0.960. The van der Waals surface area contributed by atoms with E-state index in [9.17, 15) is 23.3 Å². The molecule has 0 saturated carbocycles. The molecule has 0 saturated heterocycles. The minimum Gasteiger partial charge on any atom is -0.495 e. The zero-order valence-electron chi connectivity index (χ0n) is 15.0. The number of anilines is 2. The van der Waals surface area contributed by atoms with Gasteiger partial charge in [0.1, 0.15) is 11.4 Å². The molecule has 0 spiro atoms. The molecule has 0 aliphatic carbocycles. The van der Waals surface area contributed by atoms with Crippen LogP contribution in [0, 0.1) is 17.0 Å². The molecule has 9 nitrogen and oxygen atoms in total. The molecule has 0 unspecified atom stereocenters. The Morgan fingerprint density at radius 3 is 2.48 bits per heavy atom. The number of nitrogens with one attached hydrogen (secondary N) is 2. The van der Waals surface area contributed by atoms with Gasteiger partial charge in [0, 0.05) is 12.3 Å². The molecule has 1 amide bonds. The maximum Gasteiger partial charge on any atom is 0.293 e. The predicted octanol–water partition coefficient (Wildman–Crippen LogP) is 2.37. The first-order valence-electron chi connectivity index (χ1n) is 7.78. The van der Waals surface area contributed by atoms with E-state index in [1.54, 1.807) is 12.1 Å². The lowest BCUT2D eigenvalue weighted by atomic mass is 10.2. The molecule has 27 heavy (non-hydrogen) atoms. The van der Waals surface area contributed by atoms with Gasteiger partial charge in [-0.3, -0.25) is 14.9 Å². The van der Waals surface area contributed by atoms with Crippen molar-refractivity contribution >= 4 is 32.8 Å². The van der Waals surface area contributed by atoms with Crippen LogP contribution in [0.5, 0.6) is 5.75 Å². The number of hydrogen-bond donors (Lipinski definition) is 2. The van der Waals surface area contributed by atoms with Gasteiger partial charge in [0.15, 0.2) is 9.84 Å². The summed E-state index contributed by atoms with van der Waals surface area (Å²) < 4.78 is 28.3. The second-order valence-electron chi connectivity index (χ2n) is 5.81. The molecule has 2 aromatic carbocycles. The number of ether oxygens (including phenoxy) is 1. The van der Waals surface area contributed by atoms with Crippen molar-refractivity contribution < 1.29 is 22.9 Å². The number of carbonyl (C=O) groups is 1. The Morgan fingerprint density at radius 1 is 1.19 bits per heavy atom.